The van der Waals surface area contributed by atoms with Gasteiger partial charge in [-0.25, -0.2) is 14.8 Å². The van der Waals surface area contributed by atoms with Gasteiger partial charge in [-0.2, -0.15) is 5.10 Å². The minimum Gasteiger partial charge on any atom is -0.444 e. The Bertz CT molecular complexity index is 1720. The summed E-state index contributed by atoms with van der Waals surface area (Å²) in [5, 5.41) is 9.30. The van der Waals surface area contributed by atoms with E-state index in [0.29, 0.717) is 18.4 Å². The maximum Gasteiger partial charge on any atom is 0.407 e. The van der Waals surface area contributed by atoms with Crippen LogP contribution in [0.4, 0.5) is 10.6 Å². The number of rotatable bonds is 8. The Balaban J connectivity index is 1.32. The summed E-state index contributed by atoms with van der Waals surface area (Å²) in [5.41, 5.74) is 4.86. The number of aromatic nitrogens is 5. The molecule has 2 aliphatic heterocycles. The first kappa shape index (κ1) is 31.8. The maximum absolute atomic E-state index is 12.5. The molecule has 2 bridgehead atoms. The molecule has 2 fully saturated rings. The first-order valence-electron chi connectivity index (χ1n) is 16.0. The van der Waals surface area contributed by atoms with Crippen molar-refractivity contribution < 1.29 is 14.3 Å². The molecule has 2 aliphatic rings. The number of alkyl carbamates (subject to hydrolysis) is 1. The molecule has 12 heteroatoms. The predicted molar refractivity (Wildman–Crippen MR) is 183 cm³/mol. The van der Waals surface area contributed by atoms with Gasteiger partial charge in [-0.05, 0) is 71.1 Å². The van der Waals surface area contributed by atoms with Crippen molar-refractivity contribution >= 4 is 53.7 Å². The van der Waals surface area contributed by atoms with Gasteiger partial charge in [-0.1, -0.05) is 31.2 Å². The van der Waals surface area contributed by atoms with Gasteiger partial charge in [0, 0.05) is 68.8 Å². The van der Waals surface area contributed by atoms with E-state index >= 15 is 0 Å². The highest BCUT2D eigenvalue weighted by Crippen LogP contribution is 2.42. The van der Waals surface area contributed by atoms with E-state index in [9.17, 15) is 4.79 Å². The average molecular weight is 652 g/mol. The van der Waals surface area contributed by atoms with Gasteiger partial charge >= 0.3 is 6.09 Å². The van der Waals surface area contributed by atoms with Gasteiger partial charge in [0.05, 0.1) is 16.7 Å². The molecule has 2 saturated heterocycles. The summed E-state index contributed by atoms with van der Waals surface area (Å²) in [6.07, 6.45) is 9.41. The van der Waals surface area contributed by atoms with E-state index in [1.165, 1.54) is 0 Å². The molecule has 4 aromatic rings. The molecule has 0 spiro atoms. The Morgan fingerprint density at radius 3 is 2.49 bits per heavy atom. The number of carbonyl (C=O) groups excluding carboxylic acids is 1. The Morgan fingerprint density at radius 2 is 1.82 bits per heavy atom. The molecule has 0 aliphatic carbocycles. The molecule has 45 heavy (non-hydrogen) atoms. The predicted octanol–water partition coefficient (Wildman–Crippen LogP) is 7.28. The van der Waals surface area contributed by atoms with Crippen molar-refractivity contribution in [1.29, 1.82) is 0 Å². The Hall–Kier alpha value is -3.15. The number of fused-ring (bicyclic) bond motifs is 4. The summed E-state index contributed by atoms with van der Waals surface area (Å²) in [4.78, 5) is 25.2. The molecule has 3 atom stereocenters. The van der Waals surface area contributed by atoms with Crippen LogP contribution < -0.4 is 10.2 Å². The fourth-order valence-electron chi connectivity index (χ4n) is 6.77. The maximum atomic E-state index is 12.5. The normalized spacial score (nSPS) is 20.4. The molecule has 0 unspecified atom stereocenters. The smallest absolute Gasteiger partial charge is 0.407 e. The highest BCUT2D eigenvalue weighted by Gasteiger charge is 2.42. The molecule has 0 saturated carbocycles. The number of piperidine rings is 1. The summed E-state index contributed by atoms with van der Waals surface area (Å²) in [5.74, 6) is 0.865. The molecule has 3 aromatic heterocycles. The standard InChI is InChI=1S/C33H46ClN7O3Si/c1-20-13-24(28(34)26-17-39(5)38-29(20)26)25-18-40(19-43-11-12-45(6,7)8)31-30(25)35-16-27(37-31)41-22-9-10-23(41)15-21(14-22)36-32(42)44-33(2,3)4/h13,16-18,21-23H,9-12,14-15,19H2,1-8H3,(H,36,42)/t21-,22+,23-. The zero-order valence-corrected chi connectivity index (χ0v) is 29.5. The first-order chi connectivity index (χ1) is 21.2. The molecule has 1 N–H and O–H groups in total. The minimum absolute atomic E-state index is 0.0771. The van der Waals surface area contributed by atoms with E-state index in [4.69, 9.17) is 31.0 Å². The topological polar surface area (TPSA) is 99.3 Å². The third kappa shape index (κ3) is 6.71. The lowest BCUT2D eigenvalue weighted by atomic mass is 9.97. The van der Waals surface area contributed by atoms with Crippen LogP contribution >= 0.6 is 11.6 Å². The zero-order chi connectivity index (χ0) is 32.3. The highest BCUT2D eigenvalue weighted by atomic mass is 35.5. The molecule has 1 amide bonds. The van der Waals surface area contributed by atoms with Crippen LogP contribution in [0.3, 0.4) is 0 Å². The van der Waals surface area contributed by atoms with Gasteiger partial charge in [0.15, 0.2) is 5.65 Å². The van der Waals surface area contributed by atoms with Crippen LogP contribution in [0.25, 0.3) is 33.2 Å². The lowest BCUT2D eigenvalue weighted by Crippen LogP contribution is -2.51. The lowest BCUT2D eigenvalue weighted by molar-refractivity contribution is 0.0492. The van der Waals surface area contributed by atoms with E-state index in [1.54, 1.807) is 4.68 Å². The number of carbonyl (C=O) groups is 1. The van der Waals surface area contributed by atoms with Crippen molar-refractivity contribution in [3.8, 4) is 11.1 Å². The number of benzene rings is 1. The van der Waals surface area contributed by atoms with E-state index in [-0.39, 0.29) is 24.2 Å². The average Bonchev–Trinajstić information content (AvgIpc) is 3.58. The molecule has 5 heterocycles. The van der Waals surface area contributed by atoms with Crippen molar-refractivity contribution in [2.24, 2.45) is 7.05 Å². The molecule has 0 radical (unpaired) electrons. The van der Waals surface area contributed by atoms with Crippen LogP contribution in [0, 0.1) is 6.92 Å². The number of hydrogen-bond donors (Lipinski definition) is 1. The molecule has 1 aromatic carbocycles. The van der Waals surface area contributed by atoms with Crippen molar-refractivity contribution in [2.45, 2.75) is 110 Å². The van der Waals surface area contributed by atoms with E-state index < -0.39 is 13.7 Å². The number of anilines is 1. The number of amides is 1. The largest absolute Gasteiger partial charge is 0.444 e. The van der Waals surface area contributed by atoms with Crippen LogP contribution in [0.2, 0.25) is 30.7 Å². The Kier molecular flexibility index (Phi) is 8.41. The second-order valence-electron chi connectivity index (χ2n) is 15.0. The van der Waals surface area contributed by atoms with Gasteiger partial charge in [0.2, 0.25) is 0 Å². The van der Waals surface area contributed by atoms with Crippen LogP contribution in [0.5, 0.6) is 0 Å². The zero-order valence-electron chi connectivity index (χ0n) is 27.8. The highest BCUT2D eigenvalue weighted by molar-refractivity contribution is 6.76. The number of ether oxygens (including phenoxy) is 2. The van der Waals surface area contributed by atoms with E-state index in [2.05, 4.69) is 58.7 Å². The monoisotopic (exact) mass is 651 g/mol. The Morgan fingerprint density at radius 1 is 1.11 bits per heavy atom. The summed E-state index contributed by atoms with van der Waals surface area (Å²) in [6, 6.07) is 3.82. The number of halogens is 1. The van der Waals surface area contributed by atoms with Crippen LogP contribution in [-0.4, -0.2) is 68.8 Å². The molecular weight excluding hydrogens is 606 g/mol. The molecule has 10 nitrogen and oxygen atoms in total. The quantitative estimate of drug-likeness (QED) is 0.158. The van der Waals surface area contributed by atoms with Gasteiger partial charge in [-0.15, -0.1) is 0 Å². The van der Waals surface area contributed by atoms with E-state index in [0.717, 1.165) is 76.3 Å². The van der Waals surface area contributed by atoms with Crippen molar-refractivity contribution in [2.75, 3.05) is 11.5 Å². The number of nitrogens with zero attached hydrogens (tertiary/aromatic N) is 6. The minimum atomic E-state index is -1.23. The summed E-state index contributed by atoms with van der Waals surface area (Å²) >= 11 is 7.05. The second kappa shape index (κ2) is 11.9. The number of nitrogens with one attached hydrogen (secondary N) is 1. The fraction of sp³-hybridized carbons (Fsp3) is 0.576. The third-order valence-electron chi connectivity index (χ3n) is 8.83. The van der Waals surface area contributed by atoms with Crippen LogP contribution in [0.1, 0.15) is 52.0 Å². The Labute approximate surface area is 271 Å². The van der Waals surface area contributed by atoms with Crippen molar-refractivity contribution in [1.82, 2.24) is 29.6 Å². The van der Waals surface area contributed by atoms with Gasteiger partial charge in [0.1, 0.15) is 23.7 Å². The van der Waals surface area contributed by atoms with Crippen molar-refractivity contribution in [3.05, 3.63) is 35.2 Å². The molecule has 6 rings (SSSR count). The number of hydrogen-bond acceptors (Lipinski definition) is 7. The van der Waals surface area contributed by atoms with Gasteiger partial charge in [0.25, 0.3) is 0 Å². The lowest BCUT2D eigenvalue weighted by Gasteiger charge is -2.39. The summed E-state index contributed by atoms with van der Waals surface area (Å²) < 4.78 is 15.6. The number of aryl methyl sites for hydroxylation is 2. The third-order valence-corrected chi connectivity index (χ3v) is 10.9. The van der Waals surface area contributed by atoms with Gasteiger partial charge < -0.3 is 24.3 Å². The van der Waals surface area contributed by atoms with Crippen molar-refractivity contribution in [3.63, 3.8) is 0 Å². The SMILES string of the molecule is Cc1cc(-c2cn(COCC[Si](C)(C)C)c3nc(N4[C@@H]5CC[C@H]4C[C@@H](NC(=O)OC(C)(C)C)C5)cnc23)c(Cl)c2cn(C)nc12. The fourth-order valence-corrected chi connectivity index (χ4v) is 7.82. The molecular formula is C33H46ClN7O3Si. The second-order valence-corrected chi connectivity index (χ2v) is 21.0. The van der Waals surface area contributed by atoms with Crippen LogP contribution in [-0.2, 0) is 23.3 Å². The molecule has 242 valence electrons. The van der Waals surface area contributed by atoms with Crippen LogP contribution in [0.15, 0.2) is 24.7 Å². The van der Waals surface area contributed by atoms with Gasteiger partial charge in [-0.3, -0.25) is 4.68 Å². The summed E-state index contributed by atoms with van der Waals surface area (Å²) in [6.45, 7) is 15.9. The summed E-state index contributed by atoms with van der Waals surface area (Å²) in [7, 11) is 0.682. The first-order valence-corrected chi connectivity index (χ1v) is 20.1. The van der Waals surface area contributed by atoms with E-state index in [1.807, 2.05) is 40.2 Å².